The third-order valence-electron chi connectivity index (χ3n) is 3.22. The zero-order valence-corrected chi connectivity index (χ0v) is 14.3. The molecule has 0 saturated carbocycles. The van der Waals surface area contributed by atoms with Crippen molar-refractivity contribution in [1.82, 2.24) is 10.3 Å². The smallest absolute Gasteiger partial charge is 0.186 e. The molecular weight excluding hydrogens is 270 g/mol. The standard InChI is InChI=1S/C15H29N3OS/c1-6-8-16-11-14-13(7-2)17-15(20-14)18(12(3)4)9-10-19-5/h12,16H,6-11H2,1-5H3. The zero-order chi connectivity index (χ0) is 15.0. The molecule has 1 heterocycles. The average Bonchev–Trinajstić information content (AvgIpc) is 2.82. The number of methoxy groups -OCH3 is 1. The molecule has 0 spiro atoms. The van der Waals surface area contributed by atoms with E-state index in [-0.39, 0.29) is 0 Å². The van der Waals surface area contributed by atoms with Gasteiger partial charge in [-0.25, -0.2) is 4.98 Å². The van der Waals surface area contributed by atoms with Crippen molar-refractivity contribution in [3.63, 3.8) is 0 Å². The number of hydrogen-bond donors (Lipinski definition) is 1. The third kappa shape index (κ3) is 5.04. The molecule has 5 heteroatoms. The van der Waals surface area contributed by atoms with Crippen LogP contribution in [0.4, 0.5) is 5.13 Å². The van der Waals surface area contributed by atoms with Crippen molar-refractivity contribution in [2.45, 2.75) is 53.1 Å². The van der Waals surface area contributed by atoms with Gasteiger partial charge in [0, 0.05) is 31.1 Å². The van der Waals surface area contributed by atoms with Crippen LogP contribution in [0.3, 0.4) is 0 Å². The molecule has 0 unspecified atom stereocenters. The van der Waals surface area contributed by atoms with Crippen LogP contribution in [0.2, 0.25) is 0 Å². The maximum Gasteiger partial charge on any atom is 0.186 e. The molecule has 0 aliphatic rings. The Labute approximate surface area is 127 Å². The Morgan fingerprint density at radius 1 is 1.35 bits per heavy atom. The molecule has 1 rings (SSSR count). The van der Waals surface area contributed by atoms with Crippen molar-refractivity contribution < 1.29 is 4.74 Å². The van der Waals surface area contributed by atoms with Gasteiger partial charge in [0.15, 0.2) is 5.13 Å². The van der Waals surface area contributed by atoms with Crippen molar-refractivity contribution in [1.29, 1.82) is 0 Å². The minimum atomic E-state index is 0.442. The summed E-state index contributed by atoms with van der Waals surface area (Å²) in [7, 11) is 1.75. The summed E-state index contributed by atoms with van der Waals surface area (Å²) in [5, 5.41) is 4.60. The van der Waals surface area contributed by atoms with Crippen LogP contribution in [-0.4, -0.2) is 37.8 Å². The van der Waals surface area contributed by atoms with Crippen LogP contribution in [0, 0.1) is 0 Å². The first-order valence-corrected chi connectivity index (χ1v) is 8.40. The van der Waals surface area contributed by atoms with E-state index in [4.69, 9.17) is 9.72 Å². The van der Waals surface area contributed by atoms with Crippen molar-refractivity contribution in [3.8, 4) is 0 Å². The first-order chi connectivity index (χ1) is 9.63. The van der Waals surface area contributed by atoms with E-state index in [9.17, 15) is 0 Å². The monoisotopic (exact) mass is 299 g/mol. The number of nitrogens with one attached hydrogen (secondary N) is 1. The van der Waals surface area contributed by atoms with E-state index < -0.39 is 0 Å². The van der Waals surface area contributed by atoms with Crippen LogP contribution in [0.25, 0.3) is 0 Å². The van der Waals surface area contributed by atoms with Gasteiger partial charge in [-0.1, -0.05) is 13.8 Å². The van der Waals surface area contributed by atoms with Gasteiger partial charge in [-0.2, -0.15) is 0 Å². The molecule has 20 heavy (non-hydrogen) atoms. The van der Waals surface area contributed by atoms with Crippen molar-refractivity contribution >= 4 is 16.5 Å². The second kappa shape index (κ2) is 9.32. The number of hydrogen-bond acceptors (Lipinski definition) is 5. The molecule has 1 aromatic heterocycles. The summed E-state index contributed by atoms with van der Waals surface area (Å²) >= 11 is 1.82. The van der Waals surface area contributed by atoms with Crippen LogP contribution in [0.1, 0.15) is 44.7 Å². The van der Waals surface area contributed by atoms with E-state index in [1.165, 1.54) is 17.0 Å². The predicted molar refractivity (Wildman–Crippen MR) is 87.8 cm³/mol. The van der Waals surface area contributed by atoms with Crippen LogP contribution in [0.15, 0.2) is 0 Å². The summed E-state index contributed by atoms with van der Waals surface area (Å²) < 4.78 is 5.21. The Bertz CT molecular complexity index is 379. The lowest BCUT2D eigenvalue weighted by Gasteiger charge is -2.25. The van der Waals surface area contributed by atoms with Gasteiger partial charge in [-0.05, 0) is 33.2 Å². The molecular formula is C15H29N3OS. The summed E-state index contributed by atoms with van der Waals surface area (Å²) in [4.78, 5) is 8.53. The highest BCUT2D eigenvalue weighted by molar-refractivity contribution is 7.15. The van der Waals surface area contributed by atoms with Crippen molar-refractivity contribution in [2.24, 2.45) is 0 Å². The summed E-state index contributed by atoms with van der Waals surface area (Å²) in [6.45, 7) is 12.4. The highest BCUT2D eigenvalue weighted by atomic mass is 32.1. The molecule has 0 aromatic carbocycles. The van der Waals surface area contributed by atoms with Gasteiger partial charge in [-0.3, -0.25) is 0 Å². The average molecular weight is 299 g/mol. The third-order valence-corrected chi connectivity index (χ3v) is 4.35. The molecule has 1 aromatic rings. The van der Waals surface area contributed by atoms with Gasteiger partial charge >= 0.3 is 0 Å². The number of anilines is 1. The summed E-state index contributed by atoms with van der Waals surface area (Å²) in [5.41, 5.74) is 1.23. The van der Waals surface area contributed by atoms with Crippen LogP contribution in [-0.2, 0) is 17.7 Å². The first kappa shape index (κ1) is 17.4. The zero-order valence-electron chi connectivity index (χ0n) is 13.5. The van der Waals surface area contributed by atoms with Gasteiger partial charge < -0.3 is 15.0 Å². The van der Waals surface area contributed by atoms with Crippen LogP contribution >= 0.6 is 11.3 Å². The van der Waals surface area contributed by atoms with E-state index in [0.29, 0.717) is 6.04 Å². The molecule has 4 nitrogen and oxygen atoms in total. The highest BCUT2D eigenvalue weighted by Crippen LogP contribution is 2.28. The van der Waals surface area contributed by atoms with E-state index in [1.807, 2.05) is 11.3 Å². The van der Waals surface area contributed by atoms with E-state index in [1.54, 1.807) is 7.11 Å². The number of thiazole rings is 1. The fourth-order valence-electron chi connectivity index (χ4n) is 2.05. The van der Waals surface area contributed by atoms with Gasteiger partial charge in [0.2, 0.25) is 0 Å². The lowest BCUT2D eigenvalue weighted by molar-refractivity contribution is 0.204. The largest absolute Gasteiger partial charge is 0.383 e. The first-order valence-electron chi connectivity index (χ1n) is 7.58. The Balaban J connectivity index is 2.81. The Kier molecular flexibility index (Phi) is 8.11. The molecule has 0 aliphatic carbocycles. The molecule has 0 aliphatic heterocycles. The van der Waals surface area contributed by atoms with Crippen molar-refractivity contribution in [2.75, 3.05) is 31.7 Å². The SMILES string of the molecule is CCCNCc1sc(N(CCOC)C(C)C)nc1CC. The predicted octanol–water partition coefficient (Wildman–Crippen LogP) is 3.07. The van der Waals surface area contributed by atoms with Gasteiger partial charge in [0.05, 0.1) is 12.3 Å². The minimum absolute atomic E-state index is 0.442. The van der Waals surface area contributed by atoms with Gasteiger partial charge in [0.1, 0.15) is 0 Å². The molecule has 0 fully saturated rings. The molecule has 0 amide bonds. The fraction of sp³-hybridized carbons (Fsp3) is 0.800. The van der Waals surface area contributed by atoms with Crippen molar-refractivity contribution in [3.05, 3.63) is 10.6 Å². The number of ether oxygens (including phenoxy) is 1. The second-order valence-electron chi connectivity index (χ2n) is 5.18. The number of rotatable bonds is 10. The van der Waals surface area contributed by atoms with Gasteiger partial charge in [0.25, 0.3) is 0 Å². The van der Waals surface area contributed by atoms with E-state index >= 15 is 0 Å². The molecule has 0 radical (unpaired) electrons. The normalized spacial score (nSPS) is 11.3. The van der Waals surface area contributed by atoms with E-state index in [2.05, 4.69) is 37.9 Å². The highest BCUT2D eigenvalue weighted by Gasteiger charge is 2.17. The maximum atomic E-state index is 5.21. The maximum absolute atomic E-state index is 5.21. The fourth-order valence-corrected chi connectivity index (χ4v) is 3.33. The Morgan fingerprint density at radius 2 is 2.10 bits per heavy atom. The molecule has 116 valence electrons. The quantitative estimate of drug-likeness (QED) is 0.674. The minimum Gasteiger partial charge on any atom is -0.383 e. The summed E-state index contributed by atoms with van der Waals surface area (Å²) in [6, 6.07) is 0.442. The second-order valence-corrected chi connectivity index (χ2v) is 6.24. The Morgan fingerprint density at radius 3 is 2.65 bits per heavy atom. The molecule has 1 N–H and O–H groups in total. The van der Waals surface area contributed by atoms with Gasteiger partial charge in [-0.15, -0.1) is 11.3 Å². The lowest BCUT2D eigenvalue weighted by Crippen LogP contribution is -2.33. The summed E-state index contributed by atoms with van der Waals surface area (Å²) in [5.74, 6) is 0. The van der Waals surface area contributed by atoms with Crippen LogP contribution in [0.5, 0.6) is 0 Å². The van der Waals surface area contributed by atoms with Crippen LogP contribution < -0.4 is 10.2 Å². The molecule has 0 bridgehead atoms. The topological polar surface area (TPSA) is 37.4 Å². The molecule has 0 atom stereocenters. The Hall–Kier alpha value is -0.650. The number of aromatic nitrogens is 1. The summed E-state index contributed by atoms with van der Waals surface area (Å²) in [6.07, 6.45) is 2.16. The molecule has 0 saturated heterocycles. The number of aryl methyl sites for hydroxylation is 1. The number of nitrogens with zero attached hydrogens (tertiary/aromatic N) is 2. The lowest BCUT2D eigenvalue weighted by atomic mass is 10.3. The van der Waals surface area contributed by atoms with E-state index in [0.717, 1.165) is 37.8 Å².